The third-order valence-corrected chi connectivity index (χ3v) is 6.37. The molecule has 0 aliphatic carbocycles. The number of thiophene rings is 1. The lowest BCUT2D eigenvalue weighted by Gasteiger charge is -2.16. The van der Waals surface area contributed by atoms with E-state index in [0.717, 1.165) is 14.7 Å². The summed E-state index contributed by atoms with van der Waals surface area (Å²) < 4.78 is 25.7. The molecule has 0 bridgehead atoms. The van der Waals surface area contributed by atoms with E-state index in [1.807, 2.05) is 6.92 Å². The topological polar surface area (TPSA) is 103 Å². The van der Waals surface area contributed by atoms with Gasteiger partial charge in [0.25, 0.3) is 0 Å². The van der Waals surface area contributed by atoms with Crippen molar-refractivity contribution in [2.45, 2.75) is 18.7 Å². The molecule has 0 atom stereocenters. The number of aryl methyl sites for hydroxylation is 1. The molecule has 0 radical (unpaired) electrons. The Bertz CT molecular complexity index is 899. The normalized spacial score (nSPS) is 11.3. The van der Waals surface area contributed by atoms with Crippen LogP contribution in [0.5, 0.6) is 0 Å². The Morgan fingerprint density at radius 1 is 1.46 bits per heavy atom. The van der Waals surface area contributed by atoms with Crippen molar-refractivity contribution in [3.63, 3.8) is 0 Å². The van der Waals surface area contributed by atoms with Gasteiger partial charge >= 0.3 is 0 Å². The highest BCUT2D eigenvalue weighted by Gasteiger charge is 2.24. The lowest BCUT2D eigenvalue weighted by atomic mass is 10.2. The first-order valence-corrected chi connectivity index (χ1v) is 9.19. The molecule has 0 unspecified atom stereocenters. The predicted octanol–water partition coefficient (Wildman–Crippen LogP) is 1.89. The summed E-state index contributed by atoms with van der Waals surface area (Å²) in [4.78, 5) is 16.9. The molecule has 0 saturated heterocycles. The molecular weight excluding hydrogens is 348 g/mol. The smallest absolute Gasteiger partial charge is 0.244 e. The first-order chi connectivity index (χ1) is 11.3. The van der Waals surface area contributed by atoms with Gasteiger partial charge in [0, 0.05) is 24.3 Å². The molecule has 2 heterocycles. The van der Waals surface area contributed by atoms with Crippen molar-refractivity contribution < 1.29 is 13.2 Å². The van der Waals surface area contributed by atoms with Crippen molar-refractivity contribution >= 4 is 32.3 Å². The van der Waals surface area contributed by atoms with Gasteiger partial charge in [-0.1, -0.05) is 0 Å². The Morgan fingerprint density at radius 2 is 2.17 bits per heavy atom. The van der Waals surface area contributed by atoms with Gasteiger partial charge < -0.3 is 5.32 Å². The van der Waals surface area contributed by atoms with Gasteiger partial charge in [0.05, 0.1) is 12.1 Å². The first-order valence-electron chi connectivity index (χ1n) is 6.93. The van der Waals surface area contributed by atoms with E-state index in [9.17, 15) is 18.5 Å². The van der Waals surface area contributed by atoms with Crippen LogP contribution in [0.25, 0.3) is 0 Å². The summed E-state index contributed by atoms with van der Waals surface area (Å²) in [5.41, 5.74) is 1.22. The first kappa shape index (κ1) is 18.1. The van der Waals surface area contributed by atoms with E-state index < -0.39 is 15.9 Å². The van der Waals surface area contributed by atoms with Crippen LogP contribution in [0, 0.1) is 25.2 Å². The Balaban J connectivity index is 2.13. The molecule has 0 aliphatic rings. The number of nitrogens with zero attached hydrogens (tertiary/aromatic N) is 3. The highest BCUT2D eigenvalue weighted by atomic mass is 32.2. The Morgan fingerprint density at radius 3 is 2.75 bits per heavy atom. The maximum absolute atomic E-state index is 12.4. The second-order valence-corrected chi connectivity index (χ2v) is 8.37. The monoisotopic (exact) mass is 364 g/mol. The van der Waals surface area contributed by atoms with E-state index in [-0.39, 0.29) is 11.4 Å². The van der Waals surface area contributed by atoms with Crippen molar-refractivity contribution in [1.29, 1.82) is 5.26 Å². The molecule has 9 heteroatoms. The summed E-state index contributed by atoms with van der Waals surface area (Å²) in [6.07, 6.45) is 2.69. The van der Waals surface area contributed by atoms with Crippen LogP contribution in [0.4, 0.5) is 5.00 Å². The summed E-state index contributed by atoms with van der Waals surface area (Å²) >= 11 is 1.29. The average molecular weight is 364 g/mol. The zero-order chi connectivity index (χ0) is 17.9. The van der Waals surface area contributed by atoms with Crippen LogP contribution in [0.15, 0.2) is 29.4 Å². The minimum Gasteiger partial charge on any atom is -0.315 e. The molecule has 2 aromatic rings. The number of hydrogen-bond donors (Lipinski definition) is 1. The van der Waals surface area contributed by atoms with Gasteiger partial charge in [-0.3, -0.25) is 9.78 Å². The van der Waals surface area contributed by atoms with Crippen molar-refractivity contribution in [3.05, 3.63) is 40.5 Å². The molecule has 7 nitrogen and oxygen atoms in total. The number of carbonyl (C=O) groups excluding carboxylic acids is 1. The minimum absolute atomic E-state index is 0.0147. The molecule has 0 aliphatic heterocycles. The Kier molecular flexibility index (Phi) is 5.33. The van der Waals surface area contributed by atoms with Crippen LogP contribution in [0.2, 0.25) is 0 Å². The van der Waals surface area contributed by atoms with Crippen LogP contribution in [0.3, 0.4) is 0 Å². The van der Waals surface area contributed by atoms with Crippen molar-refractivity contribution in [1.82, 2.24) is 9.29 Å². The van der Waals surface area contributed by atoms with E-state index in [2.05, 4.69) is 16.4 Å². The standard InChI is InChI=1S/C15H16N4O3S2/c1-10-11(2)23-15(13(10)7-16)18-14(20)9-19(3)24(21,22)12-5-4-6-17-8-12/h4-6,8H,9H2,1-3H3,(H,18,20). The number of aromatic nitrogens is 1. The number of amides is 1. The molecular formula is C15H16N4O3S2. The summed E-state index contributed by atoms with van der Waals surface area (Å²) in [7, 11) is -2.48. The van der Waals surface area contributed by atoms with Gasteiger partial charge in [0.2, 0.25) is 15.9 Å². The number of pyridine rings is 1. The van der Waals surface area contributed by atoms with Gasteiger partial charge in [-0.25, -0.2) is 8.42 Å². The zero-order valence-corrected chi connectivity index (χ0v) is 15.0. The quantitative estimate of drug-likeness (QED) is 0.872. The Hall–Kier alpha value is -2.28. The highest BCUT2D eigenvalue weighted by molar-refractivity contribution is 7.89. The molecule has 0 fully saturated rings. The SMILES string of the molecule is Cc1sc(NC(=O)CN(C)S(=O)(=O)c2cccnc2)c(C#N)c1C. The predicted molar refractivity (Wildman–Crippen MR) is 91.2 cm³/mol. The second kappa shape index (κ2) is 7.09. The number of nitrogens with one attached hydrogen (secondary N) is 1. The van der Waals surface area contributed by atoms with Crippen LogP contribution in [-0.4, -0.2) is 37.2 Å². The van der Waals surface area contributed by atoms with Crippen molar-refractivity contribution in [2.75, 3.05) is 18.9 Å². The fourth-order valence-electron chi connectivity index (χ4n) is 1.98. The number of carbonyl (C=O) groups is 1. The average Bonchev–Trinajstić information content (AvgIpc) is 2.81. The summed E-state index contributed by atoms with van der Waals surface area (Å²) in [6.45, 7) is 3.30. The minimum atomic E-state index is -3.80. The molecule has 0 spiro atoms. The lowest BCUT2D eigenvalue weighted by Crippen LogP contribution is -2.35. The van der Waals surface area contributed by atoms with Gasteiger partial charge in [0.1, 0.15) is 16.0 Å². The number of nitriles is 1. The number of anilines is 1. The third kappa shape index (κ3) is 3.62. The van der Waals surface area contributed by atoms with Gasteiger partial charge in [-0.15, -0.1) is 11.3 Å². The lowest BCUT2D eigenvalue weighted by molar-refractivity contribution is -0.116. The van der Waals surface area contributed by atoms with Gasteiger partial charge in [-0.2, -0.15) is 9.57 Å². The van der Waals surface area contributed by atoms with E-state index in [1.54, 1.807) is 6.92 Å². The Labute approximate surface area is 144 Å². The van der Waals surface area contributed by atoms with Crippen LogP contribution in [-0.2, 0) is 14.8 Å². The fourth-order valence-corrected chi connectivity index (χ4v) is 4.10. The molecule has 24 heavy (non-hydrogen) atoms. The molecule has 0 aromatic carbocycles. The van der Waals surface area contributed by atoms with E-state index in [1.165, 1.54) is 42.9 Å². The van der Waals surface area contributed by atoms with Crippen molar-refractivity contribution in [2.24, 2.45) is 0 Å². The third-order valence-electron chi connectivity index (χ3n) is 3.46. The summed E-state index contributed by atoms with van der Waals surface area (Å²) in [5.74, 6) is -0.511. The van der Waals surface area contributed by atoms with E-state index >= 15 is 0 Å². The van der Waals surface area contributed by atoms with Crippen LogP contribution >= 0.6 is 11.3 Å². The molecule has 2 rings (SSSR count). The van der Waals surface area contributed by atoms with Crippen molar-refractivity contribution in [3.8, 4) is 6.07 Å². The maximum Gasteiger partial charge on any atom is 0.244 e. The molecule has 1 amide bonds. The molecule has 126 valence electrons. The maximum atomic E-state index is 12.4. The van der Waals surface area contributed by atoms with E-state index in [4.69, 9.17) is 0 Å². The number of sulfonamides is 1. The number of rotatable bonds is 5. The van der Waals surface area contributed by atoms with Gasteiger partial charge in [-0.05, 0) is 31.5 Å². The largest absolute Gasteiger partial charge is 0.315 e. The van der Waals surface area contributed by atoms with Crippen LogP contribution in [0.1, 0.15) is 16.0 Å². The van der Waals surface area contributed by atoms with Gasteiger partial charge in [0.15, 0.2) is 0 Å². The molecule has 2 aromatic heterocycles. The molecule has 0 saturated carbocycles. The number of likely N-dealkylation sites (N-methyl/N-ethyl adjacent to an activating group) is 1. The number of hydrogen-bond acceptors (Lipinski definition) is 6. The summed E-state index contributed by atoms with van der Waals surface area (Å²) in [5, 5.41) is 12.2. The second-order valence-electron chi connectivity index (χ2n) is 5.10. The fraction of sp³-hybridized carbons (Fsp3) is 0.267. The zero-order valence-electron chi connectivity index (χ0n) is 13.4. The highest BCUT2D eigenvalue weighted by Crippen LogP contribution is 2.31. The molecule has 1 N–H and O–H groups in total. The van der Waals surface area contributed by atoms with E-state index in [0.29, 0.717) is 10.6 Å². The summed E-state index contributed by atoms with van der Waals surface area (Å²) in [6, 6.07) is 4.98. The van der Waals surface area contributed by atoms with Crippen LogP contribution < -0.4 is 5.32 Å².